The van der Waals surface area contributed by atoms with Crippen LogP contribution in [0.25, 0.3) is 0 Å². The van der Waals surface area contributed by atoms with Crippen LogP contribution in [-0.2, 0) is 14.6 Å². The summed E-state index contributed by atoms with van der Waals surface area (Å²) >= 11 is 0. The minimum atomic E-state index is -2.93. The van der Waals surface area contributed by atoms with Crippen molar-refractivity contribution in [2.24, 2.45) is 4.99 Å². The number of aryl methyl sites for hydroxylation is 1. The molecule has 1 aromatic rings. The minimum Gasteiger partial charge on any atom is -0.465 e. The van der Waals surface area contributed by atoms with Gasteiger partial charge in [-0.3, -0.25) is 9.89 Å². The van der Waals surface area contributed by atoms with Crippen LogP contribution >= 0.6 is 0 Å². The molecule has 9 heteroatoms. The first-order valence-electron chi connectivity index (χ1n) is 9.60. The number of hydrogen-bond donors (Lipinski definition) is 2. The van der Waals surface area contributed by atoms with Crippen molar-refractivity contribution >= 4 is 15.8 Å². The predicted octanol–water partition coefficient (Wildman–Crippen LogP) is 0.704. The van der Waals surface area contributed by atoms with Gasteiger partial charge in [0.1, 0.15) is 11.5 Å². The van der Waals surface area contributed by atoms with Crippen LogP contribution in [0.3, 0.4) is 0 Å². The van der Waals surface area contributed by atoms with E-state index in [4.69, 9.17) is 14.1 Å². The van der Waals surface area contributed by atoms with Gasteiger partial charge in [-0.2, -0.15) is 0 Å². The van der Waals surface area contributed by atoms with Crippen LogP contribution in [0.2, 0.25) is 0 Å². The molecule has 152 valence electrons. The lowest BCUT2D eigenvalue weighted by atomic mass is 10.1. The molecule has 0 amide bonds. The molecule has 2 atom stereocenters. The van der Waals surface area contributed by atoms with Crippen LogP contribution in [-0.4, -0.2) is 76.2 Å². The van der Waals surface area contributed by atoms with Crippen LogP contribution < -0.4 is 10.6 Å². The molecule has 1 aromatic heterocycles. The molecule has 2 saturated heterocycles. The predicted molar refractivity (Wildman–Crippen MR) is 105 cm³/mol. The lowest BCUT2D eigenvalue weighted by Gasteiger charge is -2.32. The Bertz CT molecular complexity index is 740. The Kier molecular flexibility index (Phi) is 6.78. The van der Waals surface area contributed by atoms with E-state index in [1.807, 2.05) is 26.0 Å². The average molecular weight is 399 g/mol. The van der Waals surface area contributed by atoms with Gasteiger partial charge in [-0.25, -0.2) is 8.42 Å². The molecular formula is C18H30N4O4S. The summed E-state index contributed by atoms with van der Waals surface area (Å²) < 4.78 is 34.8. The van der Waals surface area contributed by atoms with Gasteiger partial charge in [0.2, 0.25) is 0 Å². The van der Waals surface area contributed by atoms with Crippen molar-refractivity contribution in [3.05, 3.63) is 23.7 Å². The van der Waals surface area contributed by atoms with Crippen LogP contribution in [0.5, 0.6) is 0 Å². The topological polar surface area (TPSA) is 96.2 Å². The Labute approximate surface area is 161 Å². The molecule has 0 saturated carbocycles. The molecule has 2 aliphatic rings. The number of nitrogens with zero attached hydrogens (tertiary/aromatic N) is 2. The van der Waals surface area contributed by atoms with Gasteiger partial charge in [0.05, 0.1) is 37.3 Å². The zero-order valence-electron chi connectivity index (χ0n) is 16.1. The number of morpholine rings is 1. The van der Waals surface area contributed by atoms with Crippen LogP contribution in [0.15, 0.2) is 21.5 Å². The number of rotatable bonds is 6. The lowest BCUT2D eigenvalue weighted by molar-refractivity contribution is 0.0135. The summed E-state index contributed by atoms with van der Waals surface area (Å²) in [7, 11) is -2.93. The van der Waals surface area contributed by atoms with Crippen LogP contribution in [0.1, 0.15) is 30.9 Å². The first kappa shape index (κ1) is 20.2. The van der Waals surface area contributed by atoms with E-state index in [9.17, 15) is 8.42 Å². The fourth-order valence-electron chi connectivity index (χ4n) is 3.51. The average Bonchev–Trinajstić information content (AvgIpc) is 3.21. The number of nitrogens with one attached hydrogen (secondary N) is 2. The van der Waals surface area contributed by atoms with Gasteiger partial charge < -0.3 is 19.8 Å². The molecule has 0 spiro atoms. The smallest absolute Gasteiger partial charge is 0.191 e. The van der Waals surface area contributed by atoms with Crippen molar-refractivity contribution in [3.63, 3.8) is 0 Å². The van der Waals surface area contributed by atoms with E-state index in [2.05, 4.69) is 15.5 Å². The van der Waals surface area contributed by atoms with Gasteiger partial charge in [0.25, 0.3) is 0 Å². The number of furan rings is 1. The van der Waals surface area contributed by atoms with E-state index in [0.29, 0.717) is 38.7 Å². The maximum absolute atomic E-state index is 11.7. The maximum atomic E-state index is 11.7. The molecule has 8 nitrogen and oxygen atoms in total. The SMILES string of the molecule is CCNC(=NCC(c1ccc(C)o1)N1CCOCC1)NC1CCS(=O)(=O)C1. The van der Waals surface area contributed by atoms with E-state index in [0.717, 1.165) is 24.6 Å². The van der Waals surface area contributed by atoms with Crippen molar-refractivity contribution in [3.8, 4) is 0 Å². The molecule has 0 radical (unpaired) electrons. The standard InChI is InChI=1S/C18H30N4O4S/c1-3-19-18(21-15-6-11-27(23,24)13-15)20-12-16(17-5-4-14(2)26-17)22-7-9-25-10-8-22/h4-5,15-16H,3,6-13H2,1-2H3,(H2,19,20,21). The van der Waals surface area contributed by atoms with Crippen molar-refractivity contribution in [2.45, 2.75) is 32.4 Å². The number of hydrogen-bond acceptors (Lipinski definition) is 6. The maximum Gasteiger partial charge on any atom is 0.191 e. The third kappa shape index (κ3) is 5.70. The molecule has 27 heavy (non-hydrogen) atoms. The highest BCUT2D eigenvalue weighted by molar-refractivity contribution is 7.91. The first-order chi connectivity index (χ1) is 13.0. The van der Waals surface area contributed by atoms with Crippen LogP contribution in [0, 0.1) is 6.92 Å². The Morgan fingerprint density at radius 2 is 2.15 bits per heavy atom. The Hall–Kier alpha value is -1.58. The number of guanidine groups is 1. The Balaban J connectivity index is 1.71. The van der Waals surface area contributed by atoms with Gasteiger partial charge >= 0.3 is 0 Å². The zero-order valence-corrected chi connectivity index (χ0v) is 16.9. The zero-order chi connectivity index (χ0) is 19.3. The van der Waals surface area contributed by atoms with Crippen molar-refractivity contribution in [1.29, 1.82) is 0 Å². The monoisotopic (exact) mass is 398 g/mol. The highest BCUT2D eigenvalue weighted by Gasteiger charge is 2.29. The number of sulfone groups is 1. The van der Waals surface area contributed by atoms with Crippen molar-refractivity contribution in [2.75, 3.05) is 50.9 Å². The van der Waals surface area contributed by atoms with Gasteiger partial charge in [0.15, 0.2) is 15.8 Å². The largest absolute Gasteiger partial charge is 0.465 e. The number of aliphatic imine (C=N–C) groups is 1. The summed E-state index contributed by atoms with van der Waals surface area (Å²) in [5.74, 6) is 2.85. The summed E-state index contributed by atoms with van der Waals surface area (Å²) in [6.07, 6.45) is 0.622. The van der Waals surface area contributed by atoms with E-state index in [1.54, 1.807) is 0 Å². The third-order valence-electron chi connectivity index (χ3n) is 4.92. The molecule has 3 rings (SSSR count). The summed E-state index contributed by atoms with van der Waals surface area (Å²) in [6, 6.07) is 3.93. The van der Waals surface area contributed by atoms with Crippen LogP contribution in [0.4, 0.5) is 0 Å². The van der Waals surface area contributed by atoms with Gasteiger partial charge in [0, 0.05) is 25.7 Å². The Morgan fingerprint density at radius 1 is 1.37 bits per heavy atom. The van der Waals surface area contributed by atoms with E-state index < -0.39 is 9.84 Å². The molecule has 2 aliphatic heterocycles. The third-order valence-corrected chi connectivity index (χ3v) is 6.68. The molecule has 2 fully saturated rings. The van der Waals surface area contributed by atoms with Crippen molar-refractivity contribution < 1.29 is 17.6 Å². The van der Waals surface area contributed by atoms with Gasteiger partial charge in [-0.15, -0.1) is 0 Å². The quantitative estimate of drug-likeness (QED) is 0.538. The molecule has 2 N–H and O–H groups in total. The molecular weight excluding hydrogens is 368 g/mol. The summed E-state index contributed by atoms with van der Waals surface area (Å²) in [6.45, 7) is 8.27. The number of ether oxygens (including phenoxy) is 1. The second-order valence-electron chi connectivity index (χ2n) is 7.08. The summed E-state index contributed by atoms with van der Waals surface area (Å²) in [5, 5.41) is 6.50. The highest BCUT2D eigenvalue weighted by atomic mass is 32.2. The second-order valence-corrected chi connectivity index (χ2v) is 9.31. The molecule has 3 heterocycles. The molecule has 0 aromatic carbocycles. The highest BCUT2D eigenvalue weighted by Crippen LogP contribution is 2.24. The van der Waals surface area contributed by atoms with Gasteiger partial charge in [-0.05, 0) is 32.4 Å². The lowest BCUT2D eigenvalue weighted by Crippen LogP contribution is -2.45. The second kappa shape index (κ2) is 9.07. The summed E-state index contributed by atoms with van der Waals surface area (Å²) in [4.78, 5) is 7.07. The van der Waals surface area contributed by atoms with E-state index >= 15 is 0 Å². The normalized spacial score (nSPS) is 24.7. The molecule has 0 bridgehead atoms. The van der Waals surface area contributed by atoms with Gasteiger partial charge in [-0.1, -0.05) is 0 Å². The fourth-order valence-corrected chi connectivity index (χ4v) is 5.18. The van der Waals surface area contributed by atoms with E-state index in [-0.39, 0.29) is 23.6 Å². The molecule has 0 aliphatic carbocycles. The molecule has 2 unspecified atom stereocenters. The van der Waals surface area contributed by atoms with Crippen molar-refractivity contribution in [1.82, 2.24) is 15.5 Å². The minimum absolute atomic E-state index is 0.0327. The van der Waals surface area contributed by atoms with E-state index in [1.165, 1.54) is 0 Å². The first-order valence-corrected chi connectivity index (χ1v) is 11.4. The Morgan fingerprint density at radius 3 is 2.74 bits per heavy atom. The fraction of sp³-hybridized carbons (Fsp3) is 0.722. The summed E-state index contributed by atoms with van der Waals surface area (Å²) in [5.41, 5.74) is 0.